The first-order valence-electron chi connectivity index (χ1n) is 5.14. The van der Waals surface area contributed by atoms with E-state index in [9.17, 15) is 0 Å². The van der Waals surface area contributed by atoms with E-state index in [2.05, 4.69) is 20.9 Å². The fraction of sp³-hybridized carbons (Fsp3) is 0.0833. The van der Waals surface area contributed by atoms with Gasteiger partial charge in [-0.2, -0.15) is 0 Å². The van der Waals surface area contributed by atoms with Gasteiger partial charge < -0.3 is 5.73 Å². The topological polar surface area (TPSA) is 43.3 Å². The molecule has 2 N–H and O–H groups in total. The molecule has 0 aromatic carbocycles. The number of rotatable bonds is 1. The van der Waals surface area contributed by atoms with Crippen molar-refractivity contribution in [3.8, 4) is 10.6 Å². The average Bonchev–Trinajstić information content (AvgIpc) is 2.84. The van der Waals surface area contributed by atoms with E-state index in [0.29, 0.717) is 5.82 Å². The molecule has 3 heterocycles. The van der Waals surface area contributed by atoms with E-state index in [4.69, 9.17) is 5.73 Å². The molecule has 3 aromatic rings. The van der Waals surface area contributed by atoms with E-state index in [1.165, 1.54) is 5.56 Å². The highest BCUT2D eigenvalue weighted by Crippen LogP contribution is 2.33. The van der Waals surface area contributed by atoms with Crippen LogP contribution in [-0.2, 0) is 0 Å². The Morgan fingerprint density at radius 3 is 2.94 bits per heavy atom. The average molecular weight is 308 g/mol. The van der Waals surface area contributed by atoms with Crippen molar-refractivity contribution in [1.82, 2.24) is 9.38 Å². The van der Waals surface area contributed by atoms with Gasteiger partial charge in [0.2, 0.25) is 0 Å². The second-order valence-electron chi connectivity index (χ2n) is 3.91. The normalized spacial score (nSPS) is 11.2. The summed E-state index contributed by atoms with van der Waals surface area (Å²) in [4.78, 5) is 5.64. The predicted octanol–water partition coefficient (Wildman–Crippen LogP) is 3.72. The van der Waals surface area contributed by atoms with Crippen molar-refractivity contribution < 1.29 is 0 Å². The molecule has 0 saturated heterocycles. The summed E-state index contributed by atoms with van der Waals surface area (Å²) in [6.07, 6.45) is 2.00. The maximum absolute atomic E-state index is 6.14. The number of halogens is 1. The van der Waals surface area contributed by atoms with Crippen molar-refractivity contribution in [2.45, 2.75) is 6.92 Å². The van der Waals surface area contributed by atoms with Crippen molar-refractivity contribution in [3.05, 3.63) is 39.8 Å². The van der Waals surface area contributed by atoms with Crippen LogP contribution in [0.3, 0.4) is 0 Å². The molecular weight excluding hydrogens is 298 g/mol. The number of nitrogens with two attached hydrogens (primary N) is 1. The Balaban J connectivity index is 2.27. The van der Waals surface area contributed by atoms with Crippen molar-refractivity contribution >= 4 is 38.7 Å². The van der Waals surface area contributed by atoms with Gasteiger partial charge in [-0.25, -0.2) is 4.98 Å². The lowest BCUT2D eigenvalue weighted by molar-refractivity contribution is 1.16. The number of thiophene rings is 1. The van der Waals surface area contributed by atoms with E-state index in [-0.39, 0.29) is 0 Å². The van der Waals surface area contributed by atoms with Crippen LogP contribution in [0.15, 0.2) is 34.2 Å². The summed E-state index contributed by atoms with van der Waals surface area (Å²) < 4.78 is 2.99. The van der Waals surface area contributed by atoms with Gasteiger partial charge in [0.15, 0.2) is 0 Å². The minimum absolute atomic E-state index is 0.693. The Kier molecular flexibility index (Phi) is 2.45. The summed E-state index contributed by atoms with van der Waals surface area (Å²) in [6.45, 7) is 2.04. The molecule has 0 amide bonds. The van der Waals surface area contributed by atoms with Crippen LogP contribution in [0.25, 0.3) is 16.2 Å². The molecule has 0 unspecified atom stereocenters. The second kappa shape index (κ2) is 3.85. The maximum atomic E-state index is 6.14. The molecule has 0 aliphatic rings. The molecule has 17 heavy (non-hydrogen) atoms. The summed E-state index contributed by atoms with van der Waals surface area (Å²) in [7, 11) is 0. The molecule has 5 heteroatoms. The van der Waals surface area contributed by atoms with Gasteiger partial charge in [-0.1, -0.05) is 6.07 Å². The van der Waals surface area contributed by atoms with Crippen LogP contribution in [0.4, 0.5) is 5.82 Å². The smallest absolute Gasteiger partial charge is 0.139 e. The number of nitrogens with zero attached hydrogens (tertiary/aromatic N) is 2. The SMILES string of the molecule is Cc1ccc2nc(-c3cc(Br)cs3)c(N)n2c1. The number of anilines is 1. The van der Waals surface area contributed by atoms with Crippen molar-refractivity contribution in [2.24, 2.45) is 0 Å². The number of fused-ring (bicyclic) bond motifs is 1. The first kappa shape index (κ1) is 10.8. The minimum atomic E-state index is 0.693. The molecule has 0 saturated carbocycles. The lowest BCUT2D eigenvalue weighted by Gasteiger charge is -1.97. The van der Waals surface area contributed by atoms with Crippen molar-refractivity contribution in [2.75, 3.05) is 5.73 Å². The van der Waals surface area contributed by atoms with Crippen LogP contribution in [0.2, 0.25) is 0 Å². The third-order valence-electron chi connectivity index (χ3n) is 2.60. The highest BCUT2D eigenvalue weighted by atomic mass is 79.9. The largest absolute Gasteiger partial charge is 0.383 e. The number of hydrogen-bond acceptors (Lipinski definition) is 3. The highest BCUT2D eigenvalue weighted by Gasteiger charge is 2.12. The quantitative estimate of drug-likeness (QED) is 0.744. The van der Waals surface area contributed by atoms with E-state index >= 15 is 0 Å². The van der Waals surface area contributed by atoms with Crippen LogP contribution >= 0.6 is 27.3 Å². The lowest BCUT2D eigenvalue weighted by Crippen LogP contribution is -1.93. The Morgan fingerprint density at radius 1 is 1.41 bits per heavy atom. The first-order chi connectivity index (χ1) is 8.15. The fourth-order valence-electron chi connectivity index (χ4n) is 1.79. The van der Waals surface area contributed by atoms with Gasteiger partial charge in [0.25, 0.3) is 0 Å². The van der Waals surface area contributed by atoms with Crippen molar-refractivity contribution in [3.63, 3.8) is 0 Å². The van der Waals surface area contributed by atoms with E-state index in [1.807, 2.05) is 41.1 Å². The van der Waals surface area contributed by atoms with Crippen LogP contribution in [-0.4, -0.2) is 9.38 Å². The molecule has 3 aromatic heterocycles. The Labute approximate surface area is 111 Å². The van der Waals surface area contributed by atoms with Crippen molar-refractivity contribution in [1.29, 1.82) is 0 Å². The third kappa shape index (κ3) is 1.75. The number of nitrogen functional groups attached to an aromatic ring is 1. The lowest BCUT2D eigenvalue weighted by atomic mass is 10.3. The summed E-state index contributed by atoms with van der Waals surface area (Å²) in [6, 6.07) is 6.06. The fourth-order valence-corrected chi connectivity index (χ4v) is 3.21. The number of aromatic nitrogens is 2. The molecule has 0 bridgehead atoms. The van der Waals surface area contributed by atoms with Gasteiger partial charge in [0.05, 0.1) is 4.88 Å². The molecular formula is C12H10BrN3S. The molecule has 86 valence electrons. The second-order valence-corrected chi connectivity index (χ2v) is 5.74. The zero-order valence-electron chi connectivity index (χ0n) is 9.14. The first-order valence-corrected chi connectivity index (χ1v) is 6.81. The van der Waals surface area contributed by atoms with E-state index in [0.717, 1.165) is 20.7 Å². The number of pyridine rings is 1. The third-order valence-corrected chi connectivity index (χ3v) is 4.30. The van der Waals surface area contributed by atoms with E-state index < -0.39 is 0 Å². The zero-order valence-corrected chi connectivity index (χ0v) is 11.5. The van der Waals surface area contributed by atoms with Crippen LogP contribution < -0.4 is 5.73 Å². The molecule has 0 aliphatic carbocycles. The monoisotopic (exact) mass is 307 g/mol. The zero-order chi connectivity index (χ0) is 12.0. The predicted molar refractivity (Wildman–Crippen MR) is 75.4 cm³/mol. The summed E-state index contributed by atoms with van der Waals surface area (Å²) in [5, 5.41) is 2.03. The Bertz CT molecular complexity index is 699. The van der Waals surface area contributed by atoms with Crippen LogP contribution in [0.5, 0.6) is 0 Å². The van der Waals surface area contributed by atoms with Gasteiger partial charge >= 0.3 is 0 Å². The number of aryl methyl sites for hydroxylation is 1. The van der Waals surface area contributed by atoms with Crippen LogP contribution in [0, 0.1) is 6.92 Å². The molecule has 0 radical (unpaired) electrons. The standard InChI is InChI=1S/C12H10BrN3S/c1-7-2-3-10-15-11(12(14)16(10)5-7)9-4-8(13)6-17-9/h2-6H,14H2,1H3. The maximum Gasteiger partial charge on any atom is 0.139 e. The van der Waals surface area contributed by atoms with Gasteiger partial charge in [-0.15, -0.1) is 11.3 Å². The van der Waals surface area contributed by atoms with Gasteiger partial charge in [-0.05, 0) is 40.5 Å². The summed E-state index contributed by atoms with van der Waals surface area (Å²) in [5.74, 6) is 0.693. The minimum Gasteiger partial charge on any atom is -0.383 e. The summed E-state index contributed by atoms with van der Waals surface area (Å²) >= 11 is 5.08. The van der Waals surface area contributed by atoms with Gasteiger partial charge in [0.1, 0.15) is 17.2 Å². The molecule has 0 spiro atoms. The number of imidazole rings is 1. The molecule has 0 fully saturated rings. The highest BCUT2D eigenvalue weighted by molar-refractivity contribution is 9.10. The molecule has 0 atom stereocenters. The van der Waals surface area contributed by atoms with E-state index in [1.54, 1.807) is 11.3 Å². The van der Waals surface area contributed by atoms with Gasteiger partial charge in [-0.3, -0.25) is 4.40 Å². The number of hydrogen-bond donors (Lipinski definition) is 1. The molecule has 3 rings (SSSR count). The Hall–Kier alpha value is -1.33. The Morgan fingerprint density at radius 2 is 2.24 bits per heavy atom. The van der Waals surface area contributed by atoms with Gasteiger partial charge in [0, 0.05) is 16.0 Å². The molecule has 3 nitrogen and oxygen atoms in total. The van der Waals surface area contributed by atoms with Crippen LogP contribution in [0.1, 0.15) is 5.56 Å². The summed E-state index contributed by atoms with van der Waals surface area (Å²) in [5.41, 5.74) is 9.04. The molecule has 0 aliphatic heterocycles.